The van der Waals surface area contributed by atoms with E-state index in [0.29, 0.717) is 24.6 Å². The SMILES string of the molecule is Cl.O=C(O)CCSSCCNC(=O)CCC(=O)N1Cc2ccccc2C#Cc2ccccc21. The lowest BCUT2D eigenvalue weighted by atomic mass is 10.0. The zero-order chi connectivity index (χ0) is 22.8. The molecule has 2 N–H and O–H groups in total. The zero-order valence-corrected chi connectivity index (χ0v) is 20.4. The maximum Gasteiger partial charge on any atom is 0.304 e. The van der Waals surface area contributed by atoms with Gasteiger partial charge in [-0.25, -0.2) is 0 Å². The average molecular weight is 505 g/mol. The minimum Gasteiger partial charge on any atom is -0.481 e. The van der Waals surface area contributed by atoms with Crippen LogP contribution in [0.5, 0.6) is 0 Å². The van der Waals surface area contributed by atoms with Crippen LogP contribution >= 0.6 is 34.0 Å². The maximum atomic E-state index is 13.1. The van der Waals surface area contributed by atoms with E-state index in [0.717, 1.165) is 22.4 Å². The van der Waals surface area contributed by atoms with E-state index in [1.165, 1.54) is 21.6 Å². The highest BCUT2D eigenvalue weighted by molar-refractivity contribution is 8.76. The molecule has 33 heavy (non-hydrogen) atoms. The molecular formula is C24H25ClN2O4S2. The van der Waals surface area contributed by atoms with E-state index in [1.807, 2.05) is 48.5 Å². The van der Waals surface area contributed by atoms with Gasteiger partial charge in [-0.3, -0.25) is 14.4 Å². The van der Waals surface area contributed by atoms with Crippen molar-refractivity contribution >= 4 is 57.5 Å². The number of para-hydroxylation sites is 1. The van der Waals surface area contributed by atoms with E-state index in [2.05, 4.69) is 17.2 Å². The summed E-state index contributed by atoms with van der Waals surface area (Å²) < 4.78 is 0. The van der Waals surface area contributed by atoms with Gasteiger partial charge < -0.3 is 15.3 Å². The number of carbonyl (C=O) groups excluding carboxylic acids is 2. The van der Waals surface area contributed by atoms with Gasteiger partial charge in [0.25, 0.3) is 0 Å². The number of rotatable bonds is 10. The topological polar surface area (TPSA) is 86.7 Å². The first kappa shape index (κ1) is 26.7. The molecule has 0 aromatic heterocycles. The summed E-state index contributed by atoms with van der Waals surface area (Å²) >= 11 is 0. The highest BCUT2D eigenvalue weighted by Gasteiger charge is 2.21. The lowest BCUT2D eigenvalue weighted by molar-refractivity contribution is -0.136. The first-order chi connectivity index (χ1) is 15.5. The summed E-state index contributed by atoms with van der Waals surface area (Å²) in [6.07, 6.45) is 0.347. The van der Waals surface area contributed by atoms with Gasteiger partial charge in [-0.15, -0.1) is 12.4 Å². The molecule has 1 aliphatic rings. The van der Waals surface area contributed by atoms with Gasteiger partial charge in [-0.2, -0.15) is 0 Å². The van der Waals surface area contributed by atoms with E-state index in [9.17, 15) is 14.4 Å². The Morgan fingerprint density at radius 2 is 1.58 bits per heavy atom. The predicted molar refractivity (Wildman–Crippen MR) is 137 cm³/mol. The Balaban J connectivity index is 0.00000385. The number of amides is 2. The standard InChI is InChI=1S/C24H24N2O4S2.ClH/c27-22(25-14-16-32-31-15-13-24(29)30)11-12-23(28)26-17-20-7-2-1-5-18(20)9-10-19-6-3-4-8-21(19)26;/h1-8H,11-17H2,(H,25,27)(H,29,30);1H. The van der Waals surface area contributed by atoms with Crippen molar-refractivity contribution in [3.05, 3.63) is 65.2 Å². The maximum absolute atomic E-state index is 13.1. The zero-order valence-electron chi connectivity index (χ0n) is 17.9. The average Bonchev–Trinajstić information content (AvgIpc) is 2.78. The molecule has 174 valence electrons. The van der Waals surface area contributed by atoms with Crippen molar-refractivity contribution in [3.8, 4) is 11.8 Å². The molecule has 2 aromatic carbocycles. The second kappa shape index (κ2) is 13.8. The third-order valence-electron chi connectivity index (χ3n) is 4.73. The van der Waals surface area contributed by atoms with Crippen molar-refractivity contribution in [3.63, 3.8) is 0 Å². The first-order valence-corrected chi connectivity index (χ1v) is 12.8. The van der Waals surface area contributed by atoms with Gasteiger partial charge in [0.1, 0.15) is 0 Å². The number of benzene rings is 2. The van der Waals surface area contributed by atoms with Gasteiger partial charge in [0, 0.05) is 42.0 Å². The molecule has 2 aromatic rings. The van der Waals surface area contributed by atoms with E-state index in [4.69, 9.17) is 5.11 Å². The Hall–Kier alpha value is -2.60. The molecule has 0 radical (unpaired) electrons. The summed E-state index contributed by atoms with van der Waals surface area (Å²) in [6, 6.07) is 15.3. The Morgan fingerprint density at radius 3 is 2.36 bits per heavy atom. The van der Waals surface area contributed by atoms with E-state index >= 15 is 0 Å². The number of carboxylic acids is 1. The number of halogens is 1. The second-order valence-electron chi connectivity index (χ2n) is 7.04. The number of anilines is 1. The number of carboxylic acid groups (broad SMARTS) is 1. The summed E-state index contributed by atoms with van der Waals surface area (Å²) in [4.78, 5) is 37.4. The number of hydrogen-bond donors (Lipinski definition) is 2. The fraction of sp³-hybridized carbons (Fsp3) is 0.292. The number of aliphatic carboxylic acids is 1. The van der Waals surface area contributed by atoms with Crippen LogP contribution in [0, 0.1) is 11.8 Å². The fourth-order valence-electron chi connectivity index (χ4n) is 3.13. The van der Waals surface area contributed by atoms with Crippen LogP contribution in [0.15, 0.2) is 48.5 Å². The minimum atomic E-state index is -0.811. The van der Waals surface area contributed by atoms with Crippen LogP contribution in [-0.4, -0.2) is 40.9 Å². The number of nitrogens with one attached hydrogen (secondary N) is 1. The normalized spacial score (nSPS) is 11.5. The van der Waals surface area contributed by atoms with Crippen LogP contribution in [0.25, 0.3) is 0 Å². The van der Waals surface area contributed by atoms with Gasteiger partial charge >= 0.3 is 5.97 Å². The molecule has 3 rings (SSSR count). The van der Waals surface area contributed by atoms with Crippen LogP contribution < -0.4 is 10.2 Å². The summed E-state index contributed by atoms with van der Waals surface area (Å²) in [5.41, 5.74) is 3.42. The second-order valence-corrected chi connectivity index (χ2v) is 9.74. The predicted octanol–water partition coefficient (Wildman–Crippen LogP) is 4.11. The van der Waals surface area contributed by atoms with Gasteiger partial charge in [-0.05, 0) is 23.8 Å². The Morgan fingerprint density at radius 1 is 0.909 bits per heavy atom. The molecular weight excluding hydrogens is 480 g/mol. The van der Waals surface area contributed by atoms with Crippen molar-refractivity contribution in [2.75, 3.05) is 23.0 Å². The molecule has 0 saturated heterocycles. The molecule has 0 unspecified atom stereocenters. The molecule has 6 nitrogen and oxygen atoms in total. The van der Waals surface area contributed by atoms with Crippen LogP contribution in [0.4, 0.5) is 5.69 Å². The summed E-state index contributed by atoms with van der Waals surface area (Å²) in [6.45, 7) is 0.889. The minimum absolute atomic E-state index is 0. The Bertz CT molecular complexity index is 1050. The quantitative estimate of drug-likeness (QED) is 0.288. The van der Waals surface area contributed by atoms with E-state index in [1.54, 1.807) is 4.90 Å². The molecule has 0 fully saturated rings. The molecule has 0 spiro atoms. The fourth-order valence-corrected chi connectivity index (χ4v) is 5.02. The summed E-state index contributed by atoms with van der Waals surface area (Å²) in [5, 5.41) is 11.4. The Labute approximate surface area is 207 Å². The smallest absolute Gasteiger partial charge is 0.304 e. The molecule has 0 atom stereocenters. The molecule has 9 heteroatoms. The molecule has 0 saturated carbocycles. The van der Waals surface area contributed by atoms with Crippen molar-refractivity contribution in [1.82, 2.24) is 5.32 Å². The third-order valence-corrected chi connectivity index (χ3v) is 7.14. The van der Waals surface area contributed by atoms with Crippen molar-refractivity contribution in [2.24, 2.45) is 0 Å². The highest BCUT2D eigenvalue weighted by Crippen LogP contribution is 2.26. The Kier molecular flexibility index (Phi) is 11.2. The monoisotopic (exact) mass is 504 g/mol. The van der Waals surface area contributed by atoms with Crippen LogP contribution in [-0.2, 0) is 20.9 Å². The number of fused-ring (bicyclic) bond motifs is 2. The number of hydrogen-bond acceptors (Lipinski definition) is 5. The van der Waals surface area contributed by atoms with Crippen molar-refractivity contribution in [1.29, 1.82) is 0 Å². The molecule has 0 bridgehead atoms. The lowest BCUT2D eigenvalue weighted by Gasteiger charge is -2.26. The summed E-state index contributed by atoms with van der Waals surface area (Å²) in [5.74, 6) is 6.47. The van der Waals surface area contributed by atoms with E-state index in [-0.39, 0.29) is 43.5 Å². The molecule has 1 heterocycles. The summed E-state index contributed by atoms with van der Waals surface area (Å²) in [7, 11) is 3.00. The van der Waals surface area contributed by atoms with Gasteiger partial charge in [0.05, 0.1) is 18.7 Å². The van der Waals surface area contributed by atoms with E-state index < -0.39 is 5.97 Å². The van der Waals surface area contributed by atoms with Gasteiger partial charge in [-0.1, -0.05) is 63.8 Å². The third kappa shape index (κ3) is 8.35. The molecule has 1 aliphatic heterocycles. The lowest BCUT2D eigenvalue weighted by Crippen LogP contribution is -2.33. The molecule has 2 amide bonds. The van der Waals surface area contributed by atoms with Crippen LogP contribution in [0.2, 0.25) is 0 Å². The number of nitrogens with zero attached hydrogens (tertiary/aromatic N) is 1. The van der Waals surface area contributed by atoms with Crippen molar-refractivity contribution < 1.29 is 19.5 Å². The number of carbonyl (C=O) groups is 3. The van der Waals surface area contributed by atoms with Crippen molar-refractivity contribution in [2.45, 2.75) is 25.8 Å². The van der Waals surface area contributed by atoms with Gasteiger partial charge in [0.15, 0.2) is 0 Å². The van der Waals surface area contributed by atoms with Gasteiger partial charge in [0.2, 0.25) is 11.8 Å². The largest absolute Gasteiger partial charge is 0.481 e. The van der Waals surface area contributed by atoms with Crippen LogP contribution in [0.1, 0.15) is 36.0 Å². The molecule has 0 aliphatic carbocycles. The highest BCUT2D eigenvalue weighted by atomic mass is 35.5. The first-order valence-electron chi connectivity index (χ1n) is 10.3. The van der Waals surface area contributed by atoms with Crippen LogP contribution in [0.3, 0.4) is 0 Å².